The summed E-state index contributed by atoms with van der Waals surface area (Å²) in [6, 6.07) is 7.82. The van der Waals surface area contributed by atoms with Gasteiger partial charge in [-0.05, 0) is 41.5 Å². The van der Waals surface area contributed by atoms with E-state index in [0.717, 1.165) is 5.56 Å². The lowest BCUT2D eigenvalue weighted by atomic mass is 10.1. The largest absolute Gasteiger partial charge is 0.493 e. The first-order valence-corrected chi connectivity index (χ1v) is 8.79. The van der Waals surface area contributed by atoms with Gasteiger partial charge < -0.3 is 14.8 Å². The number of nitrogens with one attached hydrogen (secondary N) is 2. The van der Waals surface area contributed by atoms with Crippen molar-refractivity contribution in [2.24, 2.45) is 0 Å². The van der Waals surface area contributed by atoms with Crippen LogP contribution in [0.4, 0.5) is 4.79 Å². The standard InChI is InChI=1S/C18H13Cl3N2O4/c1-26-15-7-10(6-14-17(24)23-18(25)22-14)5-13(21)16(15)27-8-9-2-3-11(19)12(20)4-9/h2-7H,8H2,1H3,(H2,22,23,24,25)/b14-6-. The Hall–Kier alpha value is -2.41. The monoisotopic (exact) mass is 426 g/mol. The fourth-order valence-corrected chi connectivity index (χ4v) is 2.99. The van der Waals surface area contributed by atoms with E-state index in [2.05, 4.69) is 10.6 Å². The van der Waals surface area contributed by atoms with Crippen LogP contribution in [-0.4, -0.2) is 19.0 Å². The molecule has 0 bridgehead atoms. The second kappa shape index (κ2) is 8.08. The number of amides is 3. The topological polar surface area (TPSA) is 76.7 Å². The van der Waals surface area contributed by atoms with E-state index in [9.17, 15) is 9.59 Å². The van der Waals surface area contributed by atoms with Crippen molar-refractivity contribution in [3.63, 3.8) is 0 Å². The quantitative estimate of drug-likeness (QED) is 0.547. The third kappa shape index (κ3) is 4.47. The highest BCUT2D eigenvalue weighted by molar-refractivity contribution is 6.42. The molecule has 0 unspecified atom stereocenters. The van der Waals surface area contributed by atoms with Crippen LogP contribution in [0.25, 0.3) is 6.08 Å². The maximum Gasteiger partial charge on any atom is 0.326 e. The molecule has 0 radical (unpaired) electrons. The molecule has 0 saturated carbocycles. The Morgan fingerprint density at radius 3 is 2.41 bits per heavy atom. The lowest BCUT2D eigenvalue weighted by molar-refractivity contribution is -0.115. The zero-order valence-electron chi connectivity index (χ0n) is 13.9. The molecular formula is C18H13Cl3N2O4. The zero-order chi connectivity index (χ0) is 19.6. The number of urea groups is 1. The predicted octanol–water partition coefficient (Wildman–Crippen LogP) is 4.41. The summed E-state index contributed by atoms with van der Waals surface area (Å²) in [5, 5.41) is 5.69. The average Bonchev–Trinajstić information content (AvgIpc) is 2.93. The van der Waals surface area contributed by atoms with Gasteiger partial charge in [-0.25, -0.2) is 4.79 Å². The number of hydrogen-bond acceptors (Lipinski definition) is 4. The highest BCUT2D eigenvalue weighted by atomic mass is 35.5. The molecule has 2 aromatic carbocycles. The summed E-state index contributed by atoms with van der Waals surface area (Å²) in [5.41, 5.74) is 1.48. The molecule has 6 nitrogen and oxygen atoms in total. The van der Waals surface area contributed by atoms with Crippen LogP contribution in [0.5, 0.6) is 11.5 Å². The van der Waals surface area contributed by atoms with Gasteiger partial charge in [0.2, 0.25) is 0 Å². The Balaban J connectivity index is 1.84. The molecule has 140 valence electrons. The highest BCUT2D eigenvalue weighted by Gasteiger charge is 2.23. The number of carbonyl (C=O) groups excluding carboxylic acids is 2. The lowest BCUT2D eigenvalue weighted by Gasteiger charge is -2.14. The summed E-state index contributed by atoms with van der Waals surface area (Å²) in [4.78, 5) is 22.8. The van der Waals surface area contributed by atoms with Crippen molar-refractivity contribution in [3.8, 4) is 11.5 Å². The smallest absolute Gasteiger partial charge is 0.326 e. The first-order chi connectivity index (χ1) is 12.9. The van der Waals surface area contributed by atoms with Crippen molar-refractivity contribution < 1.29 is 19.1 Å². The number of imide groups is 1. The van der Waals surface area contributed by atoms with Gasteiger partial charge in [-0.1, -0.05) is 40.9 Å². The maximum atomic E-state index is 11.6. The molecule has 1 aliphatic heterocycles. The highest BCUT2D eigenvalue weighted by Crippen LogP contribution is 2.37. The third-order valence-corrected chi connectivity index (χ3v) is 4.67. The van der Waals surface area contributed by atoms with Crippen LogP contribution in [-0.2, 0) is 11.4 Å². The van der Waals surface area contributed by atoms with Gasteiger partial charge in [0, 0.05) is 0 Å². The fraction of sp³-hybridized carbons (Fsp3) is 0.111. The van der Waals surface area contributed by atoms with Gasteiger partial charge in [0.05, 0.1) is 22.2 Å². The number of methoxy groups -OCH3 is 1. The molecule has 0 aliphatic carbocycles. The molecule has 3 amide bonds. The molecule has 3 rings (SSSR count). The van der Waals surface area contributed by atoms with Gasteiger partial charge in [-0.2, -0.15) is 0 Å². The SMILES string of the molecule is COc1cc(/C=C2\NC(=O)NC2=O)cc(Cl)c1OCc1ccc(Cl)c(Cl)c1. The number of benzene rings is 2. The Kier molecular flexibility index (Phi) is 5.79. The van der Waals surface area contributed by atoms with Crippen molar-refractivity contribution in [2.45, 2.75) is 6.61 Å². The molecule has 1 aliphatic rings. The normalized spacial score (nSPS) is 14.9. The molecule has 0 atom stereocenters. The number of hydrogen-bond donors (Lipinski definition) is 2. The van der Waals surface area contributed by atoms with Crippen molar-refractivity contribution in [2.75, 3.05) is 7.11 Å². The van der Waals surface area contributed by atoms with Crippen LogP contribution >= 0.6 is 34.8 Å². The Bertz CT molecular complexity index is 960. The van der Waals surface area contributed by atoms with E-state index in [1.54, 1.807) is 30.3 Å². The number of ether oxygens (including phenoxy) is 2. The summed E-state index contributed by atoms with van der Waals surface area (Å²) in [5.74, 6) is 0.196. The molecule has 0 aromatic heterocycles. The van der Waals surface area contributed by atoms with Crippen LogP contribution in [0.3, 0.4) is 0 Å². The zero-order valence-corrected chi connectivity index (χ0v) is 16.2. The summed E-state index contributed by atoms with van der Waals surface area (Å²) in [7, 11) is 1.47. The summed E-state index contributed by atoms with van der Waals surface area (Å²) in [6.45, 7) is 0.200. The van der Waals surface area contributed by atoms with E-state index in [-0.39, 0.29) is 17.3 Å². The van der Waals surface area contributed by atoms with Gasteiger partial charge >= 0.3 is 6.03 Å². The van der Waals surface area contributed by atoms with E-state index in [0.29, 0.717) is 27.1 Å². The van der Waals surface area contributed by atoms with E-state index in [1.807, 2.05) is 0 Å². The minimum absolute atomic E-state index is 0.114. The molecular weight excluding hydrogens is 415 g/mol. The number of carbonyl (C=O) groups is 2. The van der Waals surface area contributed by atoms with E-state index >= 15 is 0 Å². The maximum absolute atomic E-state index is 11.6. The second-order valence-corrected chi connectivity index (χ2v) is 6.76. The third-order valence-electron chi connectivity index (χ3n) is 3.65. The minimum atomic E-state index is -0.578. The summed E-state index contributed by atoms with van der Waals surface area (Å²) in [6.07, 6.45) is 1.48. The predicted molar refractivity (Wildman–Crippen MR) is 103 cm³/mol. The van der Waals surface area contributed by atoms with Crippen molar-refractivity contribution in [1.29, 1.82) is 0 Å². The molecule has 0 spiro atoms. The first-order valence-electron chi connectivity index (χ1n) is 7.65. The van der Waals surface area contributed by atoms with Gasteiger partial charge in [0.15, 0.2) is 11.5 Å². The van der Waals surface area contributed by atoms with Crippen molar-refractivity contribution >= 4 is 52.8 Å². The molecule has 9 heteroatoms. The van der Waals surface area contributed by atoms with Crippen LogP contribution in [0, 0.1) is 0 Å². The molecule has 1 fully saturated rings. The van der Waals surface area contributed by atoms with Crippen LogP contribution < -0.4 is 20.1 Å². The van der Waals surface area contributed by atoms with Crippen LogP contribution in [0.2, 0.25) is 15.1 Å². The summed E-state index contributed by atoms with van der Waals surface area (Å²) < 4.78 is 11.1. The van der Waals surface area contributed by atoms with Gasteiger partial charge in [-0.15, -0.1) is 0 Å². The Morgan fingerprint density at radius 2 is 1.78 bits per heavy atom. The molecule has 1 saturated heterocycles. The average molecular weight is 428 g/mol. The van der Waals surface area contributed by atoms with Gasteiger partial charge in [0.1, 0.15) is 12.3 Å². The van der Waals surface area contributed by atoms with Crippen molar-refractivity contribution in [1.82, 2.24) is 10.6 Å². The summed E-state index contributed by atoms with van der Waals surface area (Å²) >= 11 is 18.2. The van der Waals surface area contributed by atoms with Crippen LogP contribution in [0.15, 0.2) is 36.0 Å². The van der Waals surface area contributed by atoms with Crippen molar-refractivity contribution in [3.05, 3.63) is 62.2 Å². The Morgan fingerprint density at radius 1 is 1.00 bits per heavy atom. The number of rotatable bonds is 5. The minimum Gasteiger partial charge on any atom is -0.493 e. The van der Waals surface area contributed by atoms with E-state index < -0.39 is 11.9 Å². The molecule has 2 aromatic rings. The molecule has 1 heterocycles. The van der Waals surface area contributed by atoms with Crippen LogP contribution in [0.1, 0.15) is 11.1 Å². The molecule has 27 heavy (non-hydrogen) atoms. The second-order valence-electron chi connectivity index (χ2n) is 5.54. The first kappa shape index (κ1) is 19.4. The fourth-order valence-electron chi connectivity index (χ4n) is 2.40. The number of halogens is 3. The van der Waals surface area contributed by atoms with E-state index in [4.69, 9.17) is 44.3 Å². The van der Waals surface area contributed by atoms with Gasteiger partial charge in [-0.3, -0.25) is 10.1 Å². The molecule has 2 N–H and O–H groups in total. The Labute approximate surface area is 170 Å². The van der Waals surface area contributed by atoms with E-state index in [1.165, 1.54) is 13.2 Å². The lowest BCUT2D eigenvalue weighted by Crippen LogP contribution is -2.22. The van der Waals surface area contributed by atoms with Gasteiger partial charge in [0.25, 0.3) is 5.91 Å².